The van der Waals surface area contributed by atoms with Gasteiger partial charge in [0.2, 0.25) is 0 Å². The van der Waals surface area contributed by atoms with Crippen LogP contribution in [0.5, 0.6) is 5.75 Å². The van der Waals surface area contributed by atoms with Gasteiger partial charge in [-0.15, -0.1) is 0 Å². The predicted octanol–water partition coefficient (Wildman–Crippen LogP) is 3.28. The maximum atomic E-state index is 11.5. The lowest BCUT2D eigenvalue weighted by molar-refractivity contribution is -0.123. The second-order valence-electron chi connectivity index (χ2n) is 5.77. The van der Waals surface area contributed by atoms with Gasteiger partial charge in [-0.05, 0) is 29.5 Å². The fourth-order valence-corrected chi connectivity index (χ4v) is 1.66. The minimum absolute atomic E-state index is 0.0605. The smallest absolute Gasteiger partial charge is 0.257 e. The van der Waals surface area contributed by atoms with Gasteiger partial charge < -0.3 is 10.1 Å². The Morgan fingerprint density at radius 1 is 1.32 bits per heavy atom. The number of carbonyl (C=O) groups excluding carboxylic acids is 1. The molecule has 0 aliphatic carbocycles. The molecule has 0 aromatic heterocycles. The van der Waals surface area contributed by atoms with Crippen molar-refractivity contribution in [2.75, 3.05) is 13.2 Å². The van der Waals surface area contributed by atoms with Crippen molar-refractivity contribution in [3.63, 3.8) is 0 Å². The highest BCUT2D eigenvalue weighted by Gasteiger charge is 2.14. The Morgan fingerprint density at radius 3 is 2.68 bits per heavy atom. The topological polar surface area (TPSA) is 38.3 Å². The number of ether oxygens (including phenoxy) is 1. The second-order valence-corrected chi connectivity index (χ2v) is 5.77. The van der Waals surface area contributed by atoms with Crippen molar-refractivity contribution < 1.29 is 9.53 Å². The lowest BCUT2D eigenvalue weighted by Crippen LogP contribution is -2.29. The predicted molar refractivity (Wildman–Crippen MR) is 78.6 cm³/mol. The van der Waals surface area contributed by atoms with Crippen molar-refractivity contribution in [3.8, 4) is 5.75 Å². The Labute approximate surface area is 116 Å². The number of amides is 1. The van der Waals surface area contributed by atoms with Crippen molar-refractivity contribution in [1.82, 2.24) is 5.32 Å². The Hall–Kier alpha value is -1.51. The molecule has 0 aliphatic heterocycles. The van der Waals surface area contributed by atoms with E-state index in [2.05, 4.69) is 39.1 Å². The summed E-state index contributed by atoms with van der Waals surface area (Å²) in [5, 5.41) is 2.83. The number of unbranched alkanes of at least 4 members (excludes halogenated alkanes) is 1. The molecule has 0 aliphatic rings. The Morgan fingerprint density at radius 2 is 2.05 bits per heavy atom. The average molecular weight is 263 g/mol. The lowest BCUT2D eigenvalue weighted by Gasteiger charge is -2.19. The van der Waals surface area contributed by atoms with Gasteiger partial charge in [0.15, 0.2) is 6.61 Å². The van der Waals surface area contributed by atoms with Crippen LogP contribution >= 0.6 is 0 Å². The summed E-state index contributed by atoms with van der Waals surface area (Å²) in [7, 11) is 0. The molecule has 1 aromatic rings. The number of nitrogens with one attached hydrogen (secondary N) is 1. The third-order valence-electron chi connectivity index (χ3n) is 2.92. The molecular weight excluding hydrogens is 238 g/mol. The van der Waals surface area contributed by atoms with E-state index in [4.69, 9.17) is 4.74 Å². The van der Waals surface area contributed by atoms with Gasteiger partial charge in [0.25, 0.3) is 5.91 Å². The van der Waals surface area contributed by atoms with E-state index in [9.17, 15) is 4.79 Å². The molecule has 0 spiro atoms. The Kier molecular flexibility index (Phi) is 5.87. The number of hydrogen-bond donors (Lipinski definition) is 1. The van der Waals surface area contributed by atoms with E-state index in [1.807, 2.05) is 18.2 Å². The second kappa shape index (κ2) is 7.17. The molecule has 3 nitrogen and oxygen atoms in total. The molecule has 0 saturated carbocycles. The van der Waals surface area contributed by atoms with Crippen LogP contribution < -0.4 is 10.1 Å². The van der Waals surface area contributed by atoms with Gasteiger partial charge >= 0.3 is 0 Å². The van der Waals surface area contributed by atoms with Crippen molar-refractivity contribution >= 4 is 5.91 Å². The highest BCUT2D eigenvalue weighted by Crippen LogP contribution is 2.25. The quantitative estimate of drug-likeness (QED) is 0.800. The summed E-state index contributed by atoms with van der Waals surface area (Å²) in [4.78, 5) is 11.5. The first-order valence-corrected chi connectivity index (χ1v) is 6.93. The van der Waals surface area contributed by atoms with E-state index < -0.39 is 0 Å². The molecule has 0 fully saturated rings. The summed E-state index contributed by atoms with van der Waals surface area (Å²) in [5.41, 5.74) is 1.29. The zero-order valence-corrected chi connectivity index (χ0v) is 12.5. The van der Waals surface area contributed by atoms with Gasteiger partial charge in [-0.2, -0.15) is 0 Å². The molecule has 1 N–H and O–H groups in total. The van der Waals surface area contributed by atoms with Crippen LogP contribution in [0.4, 0.5) is 0 Å². The van der Waals surface area contributed by atoms with Crippen LogP contribution in [0.2, 0.25) is 0 Å². The summed E-state index contributed by atoms with van der Waals surface area (Å²) in [6.45, 7) is 9.37. The van der Waals surface area contributed by atoms with Crippen molar-refractivity contribution in [1.29, 1.82) is 0 Å². The SMILES string of the molecule is CCCCNC(=O)COc1cccc(C(C)(C)C)c1. The van der Waals surface area contributed by atoms with Gasteiger partial charge in [-0.1, -0.05) is 46.2 Å². The first kappa shape index (κ1) is 15.5. The van der Waals surface area contributed by atoms with E-state index in [-0.39, 0.29) is 17.9 Å². The molecule has 106 valence electrons. The van der Waals surface area contributed by atoms with Crippen molar-refractivity contribution in [2.45, 2.75) is 46.0 Å². The van der Waals surface area contributed by atoms with Gasteiger partial charge in [-0.3, -0.25) is 4.79 Å². The number of carbonyl (C=O) groups is 1. The number of rotatable bonds is 6. The van der Waals surface area contributed by atoms with Crippen LogP contribution in [-0.4, -0.2) is 19.1 Å². The third kappa shape index (κ3) is 5.77. The zero-order valence-electron chi connectivity index (χ0n) is 12.5. The largest absolute Gasteiger partial charge is 0.484 e. The summed E-state index contributed by atoms with van der Waals surface area (Å²) in [5.74, 6) is 0.688. The Balaban J connectivity index is 2.47. The van der Waals surface area contributed by atoms with Gasteiger partial charge in [0, 0.05) is 6.54 Å². The first-order valence-electron chi connectivity index (χ1n) is 6.93. The molecule has 1 aromatic carbocycles. The van der Waals surface area contributed by atoms with Crippen LogP contribution in [0.15, 0.2) is 24.3 Å². The zero-order chi connectivity index (χ0) is 14.3. The highest BCUT2D eigenvalue weighted by molar-refractivity contribution is 5.77. The number of benzene rings is 1. The standard InChI is InChI=1S/C16H25NO2/c1-5-6-10-17-15(18)12-19-14-9-7-8-13(11-14)16(2,3)4/h7-9,11H,5-6,10,12H2,1-4H3,(H,17,18). The lowest BCUT2D eigenvalue weighted by atomic mass is 9.87. The molecule has 0 unspecified atom stereocenters. The van der Waals surface area contributed by atoms with E-state index in [1.54, 1.807) is 0 Å². The fraction of sp³-hybridized carbons (Fsp3) is 0.562. The van der Waals surface area contributed by atoms with Gasteiger partial charge in [0.05, 0.1) is 0 Å². The fourth-order valence-electron chi connectivity index (χ4n) is 1.66. The molecule has 0 radical (unpaired) electrons. The maximum absolute atomic E-state index is 11.5. The van der Waals surface area contributed by atoms with E-state index in [1.165, 1.54) is 5.56 Å². The summed E-state index contributed by atoms with van der Waals surface area (Å²) < 4.78 is 5.52. The van der Waals surface area contributed by atoms with Gasteiger partial charge in [0.1, 0.15) is 5.75 Å². The molecule has 0 heterocycles. The average Bonchev–Trinajstić information content (AvgIpc) is 2.36. The molecule has 1 amide bonds. The molecule has 19 heavy (non-hydrogen) atoms. The molecule has 0 bridgehead atoms. The van der Waals surface area contributed by atoms with Crippen LogP contribution in [-0.2, 0) is 10.2 Å². The highest BCUT2D eigenvalue weighted by atomic mass is 16.5. The van der Waals surface area contributed by atoms with Crippen LogP contribution in [0, 0.1) is 0 Å². The van der Waals surface area contributed by atoms with Crippen LogP contribution in [0.3, 0.4) is 0 Å². The van der Waals surface area contributed by atoms with Crippen LogP contribution in [0.25, 0.3) is 0 Å². The Bertz CT molecular complexity index is 407. The first-order chi connectivity index (χ1) is 8.93. The third-order valence-corrected chi connectivity index (χ3v) is 2.92. The van der Waals surface area contributed by atoms with Crippen molar-refractivity contribution in [3.05, 3.63) is 29.8 Å². The molecule has 1 rings (SSSR count). The summed E-state index contributed by atoms with van der Waals surface area (Å²) in [6.07, 6.45) is 2.08. The van der Waals surface area contributed by atoms with E-state index in [0.29, 0.717) is 0 Å². The summed E-state index contributed by atoms with van der Waals surface area (Å²) in [6, 6.07) is 7.92. The molecule has 0 saturated heterocycles. The van der Waals surface area contributed by atoms with Crippen LogP contribution in [0.1, 0.15) is 46.1 Å². The maximum Gasteiger partial charge on any atom is 0.257 e. The monoisotopic (exact) mass is 263 g/mol. The molecule has 3 heteroatoms. The molecular formula is C16H25NO2. The summed E-state index contributed by atoms with van der Waals surface area (Å²) >= 11 is 0. The van der Waals surface area contributed by atoms with E-state index in [0.717, 1.165) is 25.1 Å². The minimum Gasteiger partial charge on any atom is -0.484 e. The van der Waals surface area contributed by atoms with Crippen molar-refractivity contribution in [2.24, 2.45) is 0 Å². The number of hydrogen-bond acceptors (Lipinski definition) is 2. The molecule has 0 atom stereocenters. The normalized spacial score (nSPS) is 11.2. The van der Waals surface area contributed by atoms with Gasteiger partial charge in [-0.25, -0.2) is 0 Å². The van der Waals surface area contributed by atoms with E-state index >= 15 is 0 Å². The minimum atomic E-state index is -0.0605.